The lowest BCUT2D eigenvalue weighted by molar-refractivity contribution is 0.0921. The first-order chi connectivity index (χ1) is 16.7. The average Bonchev–Trinajstić information content (AvgIpc) is 3.31. The van der Waals surface area contributed by atoms with Crippen LogP contribution in [-0.2, 0) is 13.2 Å². The van der Waals surface area contributed by atoms with Gasteiger partial charge in [0.1, 0.15) is 0 Å². The van der Waals surface area contributed by atoms with Crippen molar-refractivity contribution in [2.45, 2.75) is 32.6 Å². The highest BCUT2D eigenvalue weighted by atomic mass is 16.7. The molecule has 3 N–H and O–H groups in total. The number of benzene rings is 3. The zero-order chi connectivity index (χ0) is 24.9. The van der Waals surface area contributed by atoms with Gasteiger partial charge in [0, 0.05) is 40.7 Å². The first-order valence-corrected chi connectivity index (χ1v) is 11.5. The molecule has 0 saturated heterocycles. The largest absolute Gasteiger partial charge is 0.454 e. The van der Waals surface area contributed by atoms with Gasteiger partial charge in [-0.3, -0.25) is 9.78 Å². The zero-order valence-electron chi connectivity index (χ0n) is 20.3. The Kier molecular flexibility index (Phi) is 5.75. The number of aliphatic hydroxyl groups excluding tert-OH is 2. The number of aliphatic hydroxyl groups is 2. The molecule has 0 spiro atoms. The van der Waals surface area contributed by atoms with E-state index in [4.69, 9.17) is 9.47 Å². The van der Waals surface area contributed by atoms with Crippen LogP contribution in [0.4, 0.5) is 0 Å². The van der Waals surface area contributed by atoms with Crippen molar-refractivity contribution in [1.29, 1.82) is 0 Å². The molecule has 0 unspecified atom stereocenters. The molecule has 0 radical (unpaired) electrons. The number of aromatic nitrogens is 1. The molecule has 2 heterocycles. The Balaban J connectivity index is 1.77. The van der Waals surface area contributed by atoms with Gasteiger partial charge in [-0.05, 0) is 79.5 Å². The first kappa shape index (κ1) is 23.3. The third-order valence-electron chi connectivity index (χ3n) is 7.09. The van der Waals surface area contributed by atoms with Crippen LogP contribution in [0, 0.1) is 0 Å². The predicted molar refractivity (Wildman–Crippen MR) is 135 cm³/mol. The van der Waals surface area contributed by atoms with E-state index in [2.05, 4.69) is 29.0 Å². The summed E-state index contributed by atoms with van der Waals surface area (Å²) in [6.07, 6.45) is 1.78. The van der Waals surface area contributed by atoms with E-state index in [1.807, 2.05) is 38.4 Å². The SMILES string of the molecule is CN(C)C(C)(C)CNC(=O)c1cc2c3cc4c(cc3ncc2c2cc(CO)c(CO)cc12)OCO4. The minimum absolute atomic E-state index is 0.158. The average molecular weight is 476 g/mol. The summed E-state index contributed by atoms with van der Waals surface area (Å²) in [5.74, 6) is 1.07. The van der Waals surface area contributed by atoms with E-state index in [0.29, 0.717) is 40.1 Å². The molecule has 35 heavy (non-hydrogen) atoms. The van der Waals surface area contributed by atoms with Gasteiger partial charge in [-0.25, -0.2) is 0 Å². The summed E-state index contributed by atoms with van der Waals surface area (Å²) in [5.41, 5.74) is 2.18. The number of hydrogen-bond acceptors (Lipinski definition) is 7. The second-order valence-corrected chi connectivity index (χ2v) is 9.74. The van der Waals surface area contributed by atoms with Crippen LogP contribution in [0.5, 0.6) is 11.5 Å². The van der Waals surface area contributed by atoms with Crippen LogP contribution in [0.1, 0.15) is 35.3 Å². The molecule has 1 aliphatic rings. The van der Waals surface area contributed by atoms with Gasteiger partial charge >= 0.3 is 0 Å². The molecular weight excluding hydrogens is 446 g/mol. The van der Waals surface area contributed by atoms with E-state index in [1.54, 1.807) is 12.3 Å². The summed E-state index contributed by atoms with van der Waals surface area (Å²) in [7, 11) is 3.95. The molecule has 0 atom stereocenters. The monoisotopic (exact) mass is 475 g/mol. The van der Waals surface area contributed by atoms with Crippen molar-refractivity contribution < 1.29 is 24.5 Å². The Morgan fingerprint density at radius 1 is 0.943 bits per heavy atom. The minimum atomic E-state index is -0.239. The molecule has 1 amide bonds. The van der Waals surface area contributed by atoms with Crippen LogP contribution in [0.25, 0.3) is 32.4 Å². The zero-order valence-corrected chi connectivity index (χ0v) is 20.3. The molecule has 8 heteroatoms. The summed E-state index contributed by atoms with van der Waals surface area (Å²) < 4.78 is 11.1. The van der Waals surface area contributed by atoms with Gasteiger partial charge in [0.25, 0.3) is 5.91 Å². The van der Waals surface area contributed by atoms with E-state index in [9.17, 15) is 15.0 Å². The van der Waals surface area contributed by atoms with Gasteiger partial charge in [-0.15, -0.1) is 0 Å². The number of likely N-dealkylation sites (N-methyl/N-ethyl adjacent to an activating group) is 1. The van der Waals surface area contributed by atoms with Crippen molar-refractivity contribution in [3.8, 4) is 11.5 Å². The van der Waals surface area contributed by atoms with Crippen LogP contribution < -0.4 is 14.8 Å². The second-order valence-electron chi connectivity index (χ2n) is 9.74. The number of pyridine rings is 1. The fraction of sp³-hybridized carbons (Fsp3) is 0.333. The number of carbonyl (C=O) groups excluding carboxylic acids is 1. The number of nitrogens with one attached hydrogen (secondary N) is 1. The van der Waals surface area contributed by atoms with Crippen LogP contribution in [0.3, 0.4) is 0 Å². The van der Waals surface area contributed by atoms with E-state index in [0.717, 1.165) is 27.1 Å². The number of ether oxygens (including phenoxy) is 2. The Bertz CT molecular complexity index is 1480. The second kappa shape index (κ2) is 8.64. The van der Waals surface area contributed by atoms with Crippen LogP contribution >= 0.6 is 0 Å². The number of rotatable bonds is 6. The maximum absolute atomic E-state index is 13.5. The number of fused-ring (bicyclic) bond motifs is 6. The van der Waals surface area contributed by atoms with Gasteiger partial charge in [0.2, 0.25) is 6.79 Å². The maximum Gasteiger partial charge on any atom is 0.251 e. The number of nitrogens with zero attached hydrogens (tertiary/aromatic N) is 2. The van der Waals surface area contributed by atoms with Gasteiger partial charge in [-0.2, -0.15) is 0 Å². The van der Waals surface area contributed by atoms with E-state index < -0.39 is 0 Å². The van der Waals surface area contributed by atoms with Crippen LogP contribution in [-0.4, -0.2) is 59.0 Å². The number of amides is 1. The topological polar surface area (TPSA) is 104 Å². The van der Waals surface area contributed by atoms with E-state index in [-0.39, 0.29) is 31.5 Å². The molecular formula is C27H29N3O5. The minimum Gasteiger partial charge on any atom is -0.454 e. The summed E-state index contributed by atoms with van der Waals surface area (Å²) in [5, 5.41) is 26.9. The third-order valence-corrected chi connectivity index (χ3v) is 7.09. The fourth-order valence-electron chi connectivity index (χ4n) is 4.36. The van der Waals surface area contributed by atoms with E-state index in [1.165, 1.54) is 0 Å². The highest BCUT2D eigenvalue weighted by Crippen LogP contribution is 2.40. The van der Waals surface area contributed by atoms with Crippen LogP contribution in [0.15, 0.2) is 36.5 Å². The smallest absolute Gasteiger partial charge is 0.251 e. The summed E-state index contributed by atoms with van der Waals surface area (Å²) in [4.78, 5) is 20.3. The fourth-order valence-corrected chi connectivity index (χ4v) is 4.36. The number of hydrogen-bond donors (Lipinski definition) is 3. The summed E-state index contributed by atoms with van der Waals surface area (Å²) >= 11 is 0. The van der Waals surface area contributed by atoms with Gasteiger partial charge in [0.15, 0.2) is 11.5 Å². The highest BCUT2D eigenvalue weighted by Gasteiger charge is 2.24. The van der Waals surface area contributed by atoms with Crippen molar-refractivity contribution in [3.63, 3.8) is 0 Å². The third kappa shape index (κ3) is 3.93. The Morgan fingerprint density at radius 2 is 1.57 bits per heavy atom. The molecule has 5 rings (SSSR count). The first-order valence-electron chi connectivity index (χ1n) is 11.5. The Hall–Kier alpha value is -3.46. The molecule has 4 aromatic rings. The maximum atomic E-state index is 13.5. The van der Waals surface area contributed by atoms with Crippen molar-refractivity contribution in [3.05, 3.63) is 53.2 Å². The van der Waals surface area contributed by atoms with Crippen molar-refractivity contribution in [2.75, 3.05) is 27.4 Å². The molecule has 3 aromatic carbocycles. The van der Waals surface area contributed by atoms with Crippen molar-refractivity contribution in [2.24, 2.45) is 0 Å². The van der Waals surface area contributed by atoms with Crippen LogP contribution in [0.2, 0.25) is 0 Å². The van der Waals surface area contributed by atoms with Gasteiger partial charge < -0.3 is 29.9 Å². The molecule has 1 aromatic heterocycles. The molecule has 0 bridgehead atoms. The molecule has 0 saturated carbocycles. The van der Waals surface area contributed by atoms with Crippen molar-refractivity contribution >= 4 is 38.4 Å². The Morgan fingerprint density at radius 3 is 2.23 bits per heavy atom. The Labute approximate surface area is 203 Å². The molecule has 182 valence electrons. The highest BCUT2D eigenvalue weighted by molar-refractivity contribution is 6.22. The van der Waals surface area contributed by atoms with E-state index >= 15 is 0 Å². The standard InChI is InChI=1S/C27H29N3O5/c1-27(2,30(3)4)13-29-26(33)21-7-19-20-8-24-25(35-14-34-24)9-23(20)28-10-22(19)18-6-16(12-32)15(11-31)5-17(18)21/h5-10,31-32H,11-14H2,1-4H3,(H,29,33). The molecule has 0 fully saturated rings. The predicted octanol–water partition coefficient (Wildman–Crippen LogP) is 3.32. The molecule has 1 aliphatic heterocycles. The molecule has 8 nitrogen and oxygen atoms in total. The van der Waals surface area contributed by atoms with Gasteiger partial charge in [-0.1, -0.05) is 0 Å². The van der Waals surface area contributed by atoms with Gasteiger partial charge in [0.05, 0.1) is 18.7 Å². The van der Waals surface area contributed by atoms with Crippen molar-refractivity contribution in [1.82, 2.24) is 15.2 Å². The summed E-state index contributed by atoms with van der Waals surface area (Å²) in [6, 6.07) is 9.24. The quantitative estimate of drug-likeness (QED) is 0.368. The lowest BCUT2D eigenvalue weighted by Crippen LogP contribution is -2.48. The lowest BCUT2D eigenvalue weighted by Gasteiger charge is -2.32. The molecule has 0 aliphatic carbocycles. The summed E-state index contributed by atoms with van der Waals surface area (Å²) in [6.45, 7) is 4.27. The number of carbonyl (C=O) groups is 1. The lowest BCUT2D eigenvalue weighted by atomic mass is 9.92. The normalized spacial score (nSPS) is 13.3.